The van der Waals surface area contributed by atoms with Gasteiger partial charge in [0.2, 0.25) is 11.8 Å². The maximum atomic E-state index is 13.2. The first-order valence-corrected chi connectivity index (χ1v) is 10.8. The van der Waals surface area contributed by atoms with E-state index < -0.39 is 0 Å². The molecule has 1 heterocycles. The Morgan fingerprint density at radius 1 is 1.07 bits per heavy atom. The lowest BCUT2D eigenvalue weighted by Crippen LogP contribution is -2.43. The zero-order valence-electron chi connectivity index (χ0n) is 17.9. The zero-order valence-corrected chi connectivity index (χ0v) is 18.7. The maximum absolute atomic E-state index is 13.2. The Balaban J connectivity index is 1.82. The molecule has 0 saturated heterocycles. The molecule has 158 valence electrons. The summed E-state index contributed by atoms with van der Waals surface area (Å²) >= 11 is 1.51. The molecular formula is C23H28N4O2S. The Kier molecular flexibility index (Phi) is 7.18. The van der Waals surface area contributed by atoms with Crippen molar-refractivity contribution in [2.24, 2.45) is 0 Å². The molecule has 7 heteroatoms. The average molecular weight is 425 g/mol. The number of aryl methyl sites for hydroxylation is 1. The number of nitrogens with zero attached hydrogens (tertiary/aromatic N) is 3. The predicted octanol–water partition coefficient (Wildman–Crippen LogP) is 3.59. The lowest BCUT2D eigenvalue weighted by atomic mass is 10.2. The molecule has 30 heavy (non-hydrogen) atoms. The van der Waals surface area contributed by atoms with Crippen LogP contribution in [0.15, 0.2) is 48.5 Å². The van der Waals surface area contributed by atoms with E-state index in [1.807, 2.05) is 69.3 Å². The number of rotatable bonds is 8. The summed E-state index contributed by atoms with van der Waals surface area (Å²) in [4.78, 5) is 33.5. The summed E-state index contributed by atoms with van der Waals surface area (Å²) in [6.45, 7) is 6.59. The lowest BCUT2D eigenvalue weighted by Gasteiger charge is -2.23. The summed E-state index contributed by atoms with van der Waals surface area (Å²) in [7, 11) is 1.78. The van der Waals surface area contributed by atoms with E-state index in [0.29, 0.717) is 11.7 Å². The van der Waals surface area contributed by atoms with Gasteiger partial charge in [-0.05, 0) is 45.0 Å². The Hall–Kier alpha value is -2.77. The highest BCUT2D eigenvalue weighted by molar-refractivity contribution is 7.22. The van der Waals surface area contributed by atoms with Crippen LogP contribution in [-0.4, -0.2) is 47.9 Å². The third-order valence-corrected chi connectivity index (χ3v) is 5.64. The van der Waals surface area contributed by atoms with E-state index in [-0.39, 0.29) is 30.9 Å². The number of amides is 2. The number of hydrogen-bond donors (Lipinski definition) is 1. The van der Waals surface area contributed by atoms with Crippen LogP contribution in [-0.2, 0) is 16.1 Å². The molecule has 0 unspecified atom stereocenters. The van der Waals surface area contributed by atoms with E-state index in [9.17, 15) is 9.59 Å². The average Bonchev–Trinajstić information content (AvgIpc) is 3.11. The fraction of sp³-hybridized carbons (Fsp3) is 0.348. The first-order valence-electron chi connectivity index (χ1n) is 10.0. The molecule has 2 amide bonds. The van der Waals surface area contributed by atoms with E-state index in [4.69, 9.17) is 4.98 Å². The Morgan fingerprint density at radius 3 is 2.47 bits per heavy atom. The van der Waals surface area contributed by atoms with Crippen LogP contribution in [0.2, 0.25) is 0 Å². The van der Waals surface area contributed by atoms with Gasteiger partial charge in [0.1, 0.15) is 0 Å². The first-order chi connectivity index (χ1) is 14.3. The van der Waals surface area contributed by atoms with Crippen LogP contribution in [0.25, 0.3) is 10.2 Å². The number of nitrogens with one attached hydrogen (secondary N) is 1. The third-order valence-electron chi connectivity index (χ3n) is 4.59. The number of thiazole rings is 1. The molecule has 0 fully saturated rings. The van der Waals surface area contributed by atoms with E-state index in [1.54, 1.807) is 16.8 Å². The fourth-order valence-corrected chi connectivity index (χ4v) is 4.26. The summed E-state index contributed by atoms with van der Waals surface area (Å²) in [6.07, 6.45) is 0. The molecule has 1 aromatic heterocycles. The number of anilines is 1. The highest BCUT2D eigenvalue weighted by atomic mass is 32.1. The molecule has 2 aromatic carbocycles. The van der Waals surface area contributed by atoms with Gasteiger partial charge in [-0.25, -0.2) is 4.98 Å². The van der Waals surface area contributed by atoms with Gasteiger partial charge in [0.15, 0.2) is 5.13 Å². The highest BCUT2D eigenvalue weighted by Gasteiger charge is 2.22. The fourth-order valence-electron chi connectivity index (χ4n) is 3.20. The molecule has 6 nitrogen and oxygen atoms in total. The van der Waals surface area contributed by atoms with Crippen molar-refractivity contribution in [1.29, 1.82) is 0 Å². The summed E-state index contributed by atoms with van der Waals surface area (Å²) in [5, 5.41) is 3.53. The van der Waals surface area contributed by atoms with Crippen LogP contribution in [0.1, 0.15) is 25.0 Å². The maximum Gasteiger partial charge on any atom is 0.243 e. The topological polar surface area (TPSA) is 65.5 Å². The smallest absolute Gasteiger partial charge is 0.243 e. The first kappa shape index (κ1) is 21.9. The molecule has 0 atom stereocenters. The molecule has 0 spiro atoms. The van der Waals surface area contributed by atoms with E-state index in [0.717, 1.165) is 21.3 Å². The van der Waals surface area contributed by atoms with Gasteiger partial charge in [0.05, 0.1) is 29.9 Å². The Morgan fingerprint density at radius 2 is 1.80 bits per heavy atom. The van der Waals surface area contributed by atoms with Crippen molar-refractivity contribution in [2.75, 3.05) is 25.0 Å². The van der Waals surface area contributed by atoms with Crippen LogP contribution in [0.4, 0.5) is 5.13 Å². The molecule has 0 radical (unpaired) electrons. The number of benzene rings is 2. The van der Waals surface area contributed by atoms with Crippen molar-refractivity contribution in [3.05, 3.63) is 59.7 Å². The summed E-state index contributed by atoms with van der Waals surface area (Å²) in [5.74, 6) is -0.180. The molecule has 3 rings (SSSR count). The van der Waals surface area contributed by atoms with E-state index >= 15 is 0 Å². The van der Waals surface area contributed by atoms with Gasteiger partial charge in [-0.3, -0.25) is 19.4 Å². The van der Waals surface area contributed by atoms with Gasteiger partial charge in [0.25, 0.3) is 0 Å². The van der Waals surface area contributed by atoms with Gasteiger partial charge < -0.3 is 5.32 Å². The van der Waals surface area contributed by atoms with Crippen LogP contribution in [0.5, 0.6) is 0 Å². The second kappa shape index (κ2) is 9.82. The van der Waals surface area contributed by atoms with Gasteiger partial charge in [-0.2, -0.15) is 0 Å². The van der Waals surface area contributed by atoms with Crippen molar-refractivity contribution in [2.45, 2.75) is 33.4 Å². The lowest BCUT2D eigenvalue weighted by molar-refractivity contribution is -0.123. The SMILES string of the molecule is Cc1cccc2sc(N(Cc3ccccc3)C(=O)CN(C)CC(=O)NC(C)C)nc12. The minimum absolute atomic E-state index is 0.0715. The quantitative estimate of drug-likeness (QED) is 0.600. The second-order valence-corrected chi connectivity index (χ2v) is 8.79. The number of carbonyl (C=O) groups is 2. The van der Waals surface area contributed by atoms with Crippen LogP contribution in [0, 0.1) is 6.92 Å². The van der Waals surface area contributed by atoms with Gasteiger partial charge in [0, 0.05) is 6.04 Å². The minimum atomic E-state index is -0.0921. The van der Waals surface area contributed by atoms with Crippen molar-refractivity contribution >= 4 is 38.5 Å². The molecule has 0 aliphatic carbocycles. The molecule has 1 N–H and O–H groups in total. The van der Waals surface area contributed by atoms with Gasteiger partial charge in [-0.1, -0.05) is 53.8 Å². The van der Waals surface area contributed by atoms with Crippen LogP contribution >= 0.6 is 11.3 Å². The summed E-state index contributed by atoms with van der Waals surface area (Å²) in [6, 6.07) is 16.0. The van der Waals surface area contributed by atoms with E-state index in [1.165, 1.54) is 11.3 Å². The number of aromatic nitrogens is 1. The van der Waals surface area contributed by atoms with Crippen molar-refractivity contribution in [3.8, 4) is 0 Å². The number of likely N-dealkylation sites (N-methyl/N-ethyl adjacent to an activating group) is 1. The van der Waals surface area contributed by atoms with Crippen molar-refractivity contribution in [1.82, 2.24) is 15.2 Å². The number of fused-ring (bicyclic) bond motifs is 1. The number of hydrogen-bond acceptors (Lipinski definition) is 5. The predicted molar refractivity (Wildman–Crippen MR) is 123 cm³/mol. The normalized spacial score (nSPS) is 11.3. The number of carbonyl (C=O) groups excluding carboxylic acids is 2. The summed E-state index contributed by atoms with van der Waals surface area (Å²) in [5.41, 5.74) is 3.04. The van der Waals surface area contributed by atoms with Gasteiger partial charge >= 0.3 is 0 Å². The van der Waals surface area contributed by atoms with E-state index in [2.05, 4.69) is 5.32 Å². The largest absolute Gasteiger partial charge is 0.353 e. The van der Waals surface area contributed by atoms with Crippen molar-refractivity contribution < 1.29 is 9.59 Å². The molecular weight excluding hydrogens is 396 g/mol. The second-order valence-electron chi connectivity index (χ2n) is 7.78. The Bertz CT molecular complexity index is 1020. The molecule has 0 aliphatic rings. The zero-order chi connectivity index (χ0) is 21.7. The molecule has 0 bridgehead atoms. The van der Waals surface area contributed by atoms with Crippen LogP contribution in [0.3, 0.4) is 0 Å². The molecule has 0 aliphatic heterocycles. The van der Waals surface area contributed by atoms with Gasteiger partial charge in [-0.15, -0.1) is 0 Å². The Labute approximate surface area is 181 Å². The molecule has 0 saturated carbocycles. The molecule has 3 aromatic rings. The van der Waals surface area contributed by atoms with Crippen LogP contribution < -0.4 is 10.2 Å². The summed E-state index contributed by atoms with van der Waals surface area (Å²) < 4.78 is 1.06. The van der Waals surface area contributed by atoms with Crippen molar-refractivity contribution in [3.63, 3.8) is 0 Å². The minimum Gasteiger partial charge on any atom is -0.353 e. The standard InChI is InChI=1S/C23H28N4O2S/c1-16(2)24-20(28)14-26(4)15-21(29)27(13-18-10-6-5-7-11-18)23-25-22-17(3)9-8-12-19(22)30-23/h5-12,16H,13-15H2,1-4H3,(H,24,28). The monoisotopic (exact) mass is 424 g/mol. The third kappa shape index (κ3) is 5.64. The number of para-hydroxylation sites is 1. The highest BCUT2D eigenvalue weighted by Crippen LogP contribution is 2.31.